The van der Waals surface area contributed by atoms with Gasteiger partial charge in [-0.1, -0.05) is 0 Å². The number of sulfonamides is 1. The van der Waals surface area contributed by atoms with Crippen molar-refractivity contribution in [2.75, 3.05) is 40.0 Å². The third-order valence-electron chi connectivity index (χ3n) is 4.51. The zero-order chi connectivity index (χ0) is 19.2. The number of ether oxygens (including phenoxy) is 2. The predicted molar refractivity (Wildman–Crippen MR) is 98.7 cm³/mol. The summed E-state index contributed by atoms with van der Waals surface area (Å²) >= 11 is 0. The van der Waals surface area contributed by atoms with Crippen LogP contribution < -0.4 is 10.1 Å². The third-order valence-corrected chi connectivity index (χ3v) is 6.41. The Morgan fingerprint density at radius 3 is 2.58 bits per heavy atom. The Hall–Kier alpha value is -1.64. The molecular weight excluding hydrogens is 356 g/mol. The Morgan fingerprint density at radius 2 is 2.00 bits per heavy atom. The first-order chi connectivity index (χ1) is 12.4. The van der Waals surface area contributed by atoms with E-state index in [1.54, 1.807) is 25.3 Å². The molecule has 0 unspecified atom stereocenters. The van der Waals surface area contributed by atoms with Gasteiger partial charge in [-0.3, -0.25) is 4.79 Å². The zero-order valence-electron chi connectivity index (χ0n) is 15.7. The Labute approximate surface area is 155 Å². The molecule has 1 heterocycles. The van der Waals surface area contributed by atoms with Crippen LogP contribution in [0.3, 0.4) is 0 Å². The second-order valence-electron chi connectivity index (χ2n) is 6.32. The lowest BCUT2D eigenvalue weighted by molar-refractivity contribution is -0.126. The molecule has 0 spiro atoms. The van der Waals surface area contributed by atoms with Gasteiger partial charge in [0.05, 0.1) is 18.1 Å². The number of piperidine rings is 1. The van der Waals surface area contributed by atoms with Gasteiger partial charge in [0.1, 0.15) is 5.75 Å². The summed E-state index contributed by atoms with van der Waals surface area (Å²) in [5.74, 6) is 0.509. The van der Waals surface area contributed by atoms with Gasteiger partial charge in [0.2, 0.25) is 15.9 Å². The number of aryl methyl sites for hydroxylation is 1. The van der Waals surface area contributed by atoms with Crippen LogP contribution in [-0.4, -0.2) is 58.6 Å². The largest absolute Gasteiger partial charge is 0.494 e. The van der Waals surface area contributed by atoms with Gasteiger partial charge in [-0.05, 0) is 50.5 Å². The van der Waals surface area contributed by atoms with Gasteiger partial charge < -0.3 is 14.8 Å². The maximum absolute atomic E-state index is 12.9. The van der Waals surface area contributed by atoms with Crippen LogP contribution >= 0.6 is 0 Å². The number of amides is 1. The summed E-state index contributed by atoms with van der Waals surface area (Å²) in [6.07, 6.45) is 1.04. The van der Waals surface area contributed by atoms with Gasteiger partial charge in [0.25, 0.3) is 0 Å². The number of hydrogen-bond acceptors (Lipinski definition) is 5. The van der Waals surface area contributed by atoms with E-state index in [4.69, 9.17) is 9.47 Å². The first-order valence-corrected chi connectivity index (χ1v) is 10.3. The highest BCUT2D eigenvalue weighted by molar-refractivity contribution is 7.89. The minimum atomic E-state index is -3.56. The van der Waals surface area contributed by atoms with E-state index < -0.39 is 10.0 Å². The van der Waals surface area contributed by atoms with Crippen molar-refractivity contribution >= 4 is 15.9 Å². The molecule has 1 fully saturated rings. The lowest BCUT2D eigenvalue weighted by atomic mass is 9.97. The van der Waals surface area contributed by atoms with Crippen LogP contribution in [0.4, 0.5) is 0 Å². The summed E-state index contributed by atoms with van der Waals surface area (Å²) in [6.45, 7) is 5.89. The van der Waals surface area contributed by atoms with Gasteiger partial charge in [-0.15, -0.1) is 0 Å². The summed E-state index contributed by atoms with van der Waals surface area (Å²) in [5.41, 5.74) is 0.792. The predicted octanol–water partition coefficient (Wildman–Crippen LogP) is 1.56. The van der Waals surface area contributed by atoms with Crippen molar-refractivity contribution in [3.8, 4) is 5.75 Å². The van der Waals surface area contributed by atoms with Crippen LogP contribution in [-0.2, 0) is 19.6 Å². The van der Waals surface area contributed by atoms with Crippen molar-refractivity contribution in [2.45, 2.75) is 31.6 Å². The lowest BCUT2D eigenvalue weighted by Crippen LogP contribution is -2.43. The number of carbonyl (C=O) groups excluding carboxylic acids is 1. The van der Waals surface area contributed by atoms with Gasteiger partial charge in [-0.2, -0.15) is 4.31 Å². The lowest BCUT2D eigenvalue weighted by Gasteiger charge is -2.30. The van der Waals surface area contributed by atoms with E-state index in [0.29, 0.717) is 51.4 Å². The van der Waals surface area contributed by atoms with Crippen LogP contribution in [0.1, 0.15) is 25.3 Å². The average Bonchev–Trinajstić information content (AvgIpc) is 2.63. The third kappa shape index (κ3) is 4.96. The molecule has 1 N–H and O–H groups in total. The van der Waals surface area contributed by atoms with Crippen molar-refractivity contribution in [1.82, 2.24) is 9.62 Å². The molecular formula is C18H28N2O5S. The number of rotatable bonds is 8. The molecule has 8 heteroatoms. The number of hydrogen-bond donors (Lipinski definition) is 1. The average molecular weight is 384 g/mol. The Balaban J connectivity index is 1.99. The van der Waals surface area contributed by atoms with Crippen LogP contribution in [0.5, 0.6) is 5.75 Å². The molecule has 0 radical (unpaired) electrons. The minimum absolute atomic E-state index is 0.0315. The molecule has 1 aromatic rings. The van der Waals surface area contributed by atoms with E-state index in [0.717, 1.165) is 5.56 Å². The first-order valence-electron chi connectivity index (χ1n) is 8.90. The summed E-state index contributed by atoms with van der Waals surface area (Å²) < 4.78 is 37.6. The molecule has 1 aromatic carbocycles. The molecule has 0 aromatic heterocycles. The molecule has 2 rings (SSSR count). The smallest absolute Gasteiger partial charge is 0.243 e. The highest BCUT2D eigenvalue weighted by Crippen LogP contribution is 2.27. The van der Waals surface area contributed by atoms with E-state index >= 15 is 0 Å². The summed E-state index contributed by atoms with van der Waals surface area (Å²) in [7, 11) is -1.98. The Morgan fingerprint density at radius 1 is 1.31 bits per heavy atom. The van der Waals surface area contributed by atoms with Crippen LogP contribution in [0.25, 0.3) is 0 Å². The fraction of sp³-hybridized carbons (Fsp3) is 0.611. The molecule has 146 valence electrons. The van der Waals surface area contributed by atoms with Crippen molar-refractivity contribution in [3.05, 3.63) is 23.8 Å². The van der Waals surface area contributed by atoms with E-state index in [1.807, 2.05) is 13.8 Å². The SMILES string of the molecule is CCOc1ccc(S(=O)(=O)N2CCC(C(=O)NCCOC)CC2)cc1C. The monoisotopic (exact) mass is 384 g/mol. The van der Waals surface area contributed by atoms with Crippen LogP contribution in [0.2, 0.25) is 0 Å². The summed E-state index contributed by atoms with van der Waals surface area (Å²) in [5, 5.41) is 2.82. The summed E-state index contributed by atoms with van der Waals surface area (Å²) in [6, 6.07) is 4.92. The fourth-order valence-corrected chi connectivity index (χ4v) is 4.58. The van der Waals surface area contributed by atoms with Crippen molar-refractivity contribution in [3.63, 3.8) is 0 Å². The van der Waals surface area contributed by atoms with E-state index in [-0.39, 0.29) is 16.7 Å². The van der Waals surface area contributed by atoms with Crippen molar-refractivity contribution < 1.29 is 22.7 Å². The number of benzene rings is 1. The van der Waals surface area contributed by atoms with Gasteiger partial charge >= 0.3 is 0 Å². The molecule has 7 nitrogen and oxygen atoms in total. The molecule has 26 heavy (non-hydrogen) atoms. The van der Waals surface area contributed by atoms with E-state index in [2.05, 4.69) is 5.32 Å². The highest BCUT2D eigenvalue weighted by atomic mass is 32.2. The van der Waals surface area contributed by atoms with Gasteiger partial charge in [-0.25, -0.2) is 8.42 Å². The molecule has 0 saturated carbocycles. The molecule has 0 bridgehead atoms. The molecule has 1 amide bonds. The molecule has 1 aliphatic heterocycles. The Bertz CT molecular complexity index is 712. The highest BCUT2D eigenvalue weighted by Gasteiger charge is 2.32. The molecule has 1 saturated heterocycles. The minimum Gasteiger partial charge on any atom is -0.494 e. The quantitative estimate of drug-likeness (QED) is 0.688. The fourth-order valence-electron chi connectivity index (χ4n) is 3.03. The first kappa shape index (κ1) is 20.7. The van der Waals surface area contributed by atoms with Crippen molar-refractivity contribution in [2.24, 2.45) is 5.92 Å². The van der Waals surface area contributed by atoms with Crippen LogP contribution in [0.15, 0.2) is 23.1 Å². The summed E-state index contributed by atoms with van der Waals surface area (Å²) in [4.78, 5) is 12.4. The van der Waals surface area contributed by atoms with Gasteiger partial charge in [0.15, 0.2) is 0 Å². The second-order valence-corrected chi connectivity index (χ2v) is 8.26. The number of nitrogens with zero attached hydrogens (tertiary/aromatic N) is 1. The number of methoxy groups -OCH3 is 1. The number of nitrogens with one attached hydrogen (secondary N) is 1. The second kappa shape index (κ2) is 9.34. The Kier molecular flexibility index (Phi) is 7.43. The molecule has 0 atom stereocenters. The molecule has 1 aliphatic rings. The topological polar surface area (TPSA) is 84.9 Å². The standard InChI is InChI=1S/C18H28N2O5S/c1-4-25-17-6-5-16(13-14(17)2)26(22,23)20-10-7-15(8-11-20)18(21)19-9-12-24-3/h5-6,13,15H,4,7-12H2,1-3H3,(H,19,21). The maximum atomic E-state index is 12.9. The van der Waals surface area contributed by atoms with Crippen molar-refractivity contribution in [1.29, 1.82) is 0 Å². The normalized spacial score (nSPS) is 16.4. The van der Waals surface area contributed by atoms with Crippen LogP contribution in [0, 0.1) is 12.8 Å². The molecule has 0 aliphatic carbocycles. The zero-order valence-corrected chi connectivity index (χ0v) is 16.5. The van der Waals surface area contributed by atoms with E-state index in [1.165, 1.54) is 4.31 Å². The number of carbonyl (C=O) groups is 1. The van der Waals surface area contributed by atoms with Gasteiger partial charge in [0, 0.05) is 32.7 Å². The maximum Gasteiger partial charge on any atom is 0.243 e. The van der Waals surface area contributed by atoms with E-state index in [9.17, 15) is 13.2 Å².